The Labute approximate surface area is 116 Å². The van der Waals surface area contributed by atoms with Crippen molar-refractivity contribution in [3.05, 3.63) is 28.7 Å². The summed E-state index contributed by atoms with van der Waals surface area (Å²) in [5.41, 5.74) is 0. The minimum absolute atomic E-state index is 0.214. The SMILES string of the molecule is CCN(CC(C)C#N)S(=O)(=O)c1ccc(Br)cc1. The molecule has 6 heteroatoms. The maximum atomic E-state index is 12.3. The number of benzene rings is 1. The number of halogens is 1. The van der Waals surface area contributed by atoms with Gasteiger partial charge in [0.2, 0.25) is 10.0 Å². The van der Waals surface area contributed by atoms with Gasteiger partial charge in [-0.15, -0.1) is 0 Å². The van der Waals surface area contributed by atoms with Crippen molar-refractivity contribution in [2.45, 2.75) is 18.7 Å². The topological polar surface area (TPSA) is 61.2 Å². The first-order chi connectivity index (χ1) is 8.41. The van der Waals surface area contributed by atoms with Gasteiger partial charge in [-0.1, -0.05) is 22.9 Å². The van der Waals surface area contributed by atoms with Crippen molar-refractivity contribution in [1.82, 2.24) is 4.31 Å². The highest BCUT2D eigenvalue weighted by molar-refractivity contribution is 9.10. The zero-order valence-electron chi connectivity index (χ0n) is 10.3. The predicted molar refractivity (Wildman–Crippen MR) is 73.4 cm³/mol. The summed E-state index contributed by atoms with van der Waals surface area (Å²) < 4.78 is 26.8. The van der Waals surface area contributed by atoms with Gasteiger partial charge in [-0.2, -0.15) is 9.57 Å². The lowest BCUT2D eigenvalue weighted by molar-refractivity contribution is 0.400. The number of nitriles is 1. The number of hydrogen-bond acceptors (Lipinski definition) is 3. The number of rotatable bonds is 5. The molecule has 1 aromatic carbocycles. The minimum Gasteiger partial charge on any atom is -0.207 e. The van der Waals surface area contributed by atoms with Crippen LogP contribution in [-0.4, -0.2) is 25.8 Å². The van der Waals surface area contributed by atoms with Crippen LogP contribution in [0.25, 0.3) is 0 Å². The Morgan fingerprint density at radius 2 is 1.94 bits per heavy atom. The van der Waals surface area contributed by atoms with E-state index in [1.165, 1.54) is 4.31 Å². The molecule has 1 unspecified atom stereocenters. The maximum Gasteiger partial charge on any atom is 0.243 e. The van der Waals surface area contributed by atoms with Gasteiger partial charge in [0.1, 0.15) is 0 Å². The zero-order valence-corrected chi connectivity index (χ0v) is 12.7. The van der Waals surface area contributed by atoms with E-state index >= 15 is 0 Å². The molecule has 0 spiro atoms. The van der Waals surface area contributed by atoms with E-state index in [0.717, 1.165) is 4.47 Å². The van der Waals surface area contributed by atoms with Gasteiger partial charge >= 0.3 is 0 Å². The van der Waals surface area contributed by atoms with Crippen molar-refractivity contribution < 1.29 is 8.42 Å². The smallest absolute Gasteiger partial charge is 0.207 e. The van der Waals surface area contributed by atoms with E-state index in [9.17, 15) is 8.42 Å². The summed E-state index contributed by atoms with van der Waals surface area (Å²) in [6.45, 7) is 4.04. The predicted octanol–water partition coefficient (Wildman–Crippen LogP) is 2.62. The Morgan fingerprint density at radius 3 is 2.39 bits per heavy atom. The highest BCUT2D eigenvalue weighted by atomic mass is 79.9. The van der Waals surface area contributed by atoms with Crippen molar-refractivity contribution in [3.8, 4) is 6.07 Å². The summed E-state index contributed by atoms with van der Waals surface area (Å²) in [6.07, 6.45) is 0. The molecule has 0 N–H and O–H groups in total. The molecule has 1 aromatic rings. The molecule has 4 nitrogen and oxygen atoms in total. The van der Waals surface area contributed by atoms with Gasteiger partial charge in [0.25, 0.3) is 0 Å². The van der Waals surface area contributed by atoms with Crippen LogP contribution < -0.4 is 0 Å². The first-order valence-corrected chi connectivity index (χ1v) is 7.80. The molecule has 0 heterocycles. The van der Waals surface area contributed by atoms with E-state index in [-0.39, 0.29) is 17.4 Å². The fourth-order valence-electron chi connectivity index (χ4n) is 1.50. The molecule has 0 saturated heterocycles. The monoisotopic (exact) mass is 330 g/mol. The average Bonchev–Trinajstić information content (AvgIpc) is 2.35. The molecule has 0 amide bonds. The van der Waals surface area contributed by atoms with Gasteiger partial charge in [-0.05, 0) is 31.2 Å². The lowest BCUT2D eigenvalue weighted by Gasteiger charge is -2.21. The molecule has 0 aliphatic carbocycles. The fourth-order valence-corrected chi connectivity index (χ4v) is 3.30. The molecule has 0 fully saturated rings. The van der Waals surface area contributed by atoms with Crippen LogP contribution >= 0.6 is 15.9 Å². The Hall–Kier alpha value is -0.900. The quantitative estimate of drug-likeness (QED) is 0.833. The summed E-state index contributed by atoms with van der Waals surface area (Å²) in [5.74, 6) is -0.324. The van der Waals surface area contributed by atoms with E-state index in [0.29, 0.717) is 6.54 Å². The third kappa shape index (κ3) is 3.55. The van der Waals surface area contributed by atoms with Crippen LogP contribution in [0, 0.1) is 17.2 Å². The number of sulfonamides is 1. The normalized spacial score (nSPS) is 13.3. The van der Waals surface area contributed by atoms with Crippen molar-refractivity contribution in [3.63, 3.8) is 0 Å². The molecule has 0 aromatic heterocycles. The summed E-state index contributed by atoms with van der Waals surface area (Å²) >= 11 is 3.27. The Kier molecular flexibility index (Phi) is 5.32. The van der Waals surface area contributed by atoms with Crippen LogP contribution in [0.4, 0.5) is 0 Å². The second-order valence-corrected chi connectivity index (χ2v) is 6.79. The summed E-state index contributed by atoms with van der Waals surface area (Å²) in [6, 6.07) is 8.54. The van der Waals surface area contributed by atoms with Crippen molar-refractivity contribution in [1.29, 1.82) is 5.26 Å². The number of nitrogens with zero attached hydrogens (tertiary/aromatic N) is 2. The minimum atomic E-state index is -3.51. The molecule has 18 heavy (non-hydrogen) atoms. The van der Waals surface area contributed by atoms with Crippen molar-refractivity contribution in [2.75, 3.05) is 13.1 Å². The first-order valence-electron chi connectivity index (χ1n) is 5.57. The zero-order chi connectivity index (χ0) is 13.8. The molecule has 0 saturated carbocycles. The van der Waals surface area contributed by atoms with Gasteiger partial charge in [-0.3, -0.25) is 0 Å². The summed E-state index contributed by atoms with van der Waals surface area (Å²) in [4.78, 5) is 0.248. The van der Waals surface area contributed by atoms with Crippen molar-refractivity contribution in [2.24, 2.45) is 5.92 Å². The van der Waals surface area contributed by atoms with Crippen LogP contribution in [0.2, 0.25) is 0 Å². The third-order valence-electron chi connectivity index (χ3n) is 2.50. The summed E-state index contributed by atoms with van der Waals surface area (Å²) in [7, 11) is -3.51. The molecule has 1 rings (SSSR count). The second-order valence-electron chi connectivity index (χ2n) is 3.94. The molecule has 98 valence electrons. The highest BCUT2D eigenvalue weighted by Crippen LogP contribution is 2.19. The number of hydrogen-bond donors (Lipinski definition) is 0. The maximum absolute atomic E-state index is 12.3. The highest BCUT2D eigenvalue weighted by Gasteiger charge is 2.24. The van der Waals surface area contributed by atoms with Crippen LogP contribution in [-0.2, 0) is 10.0 Å². The van der Waals surface area contributed by atoms with Crippen molar-refractivity contribution >= 4 is 26.0 Å². The molecule has 0 aliphatic rings. The molecular formula is C12H15BrN2O2S. The van der Waals surface area contributed by atoms with Gasteiger partial charge in [0, 0.05) is 17.6 Å². The van der Waals surface area contributed by atoms with E-state index < -0.39 is 10.0 Å². The van der Waals surface area contributed by atoms with Crippen LogP contribution in [0.15, 0.2) is 33.6 Å². The Balaban J connectivity index is 3.04. The largest absolute Gasteiger partial charge is 0.243 e. The van der Waals surface area contributed by atoms with E-state index in [4.69, 9.17) is 5.26 Å². The van der Waals surface area contributed by atoms with Gasteiger partial charge < -0.3 is 0 Å². The lowest BCUT2D eigenvalue weighted by atomic mass is 10.2. The van der Waals surface area contributed by atoms with Gasteiger partial charge in [0.05, 0.1) is 16.9 Å². The Bertz CT molecular complexity index is 534. The van der Waals surface area contributed by atoms with Gasteiger partial charge in [0.15, 0.2) is 0 Å². The first kappa shape index (κ1) is 15.2. The molecule has 0 bridgehead atoms. The van der Waals surface area contributed by atoms with Crippen LogP contribution in [0.3, 0.4) is 0 Å². The average molecular weight is 331 g/mol. The van der Waals surface area contributed by atoms with Gasteiger partial charge in [-0.25, -0.2) is 8.42 Å². The van der Waals surface area contributed by atoms with E-state index in [2.05, 4.69) is 15.9 Å². The molecule has 1 atom stereocenters. The molecular weight excluding hydrogens is 316 g/mol. The summed E-state index contributed by atoms with van der Waals surface area (Å²) in [5, 5.41) is 8.77. The third-order valence-corrected chi connectivity index (χ3v) is 4.99. The second kappa shape index (κ2) is 6.32. The van der Waals surface area contributed by atoms with E-state index in [1.807, 2.05) is 6.07 Å². The standard InChI is InChI=1S/C12H15BrN2O2S/c1-3-15(9-10(2)8-14)18(16,17)12-6-4-11(13)5-7-12/h4-7,10H,3,9H2,1-2H3. The van der Waals surface area contributed by atoms with Crippen LogP contribution in [0.1, 0.15) is 13.8 Å². The van der Waals surface area contributed by atoms with E-state index in [1.54, 1.807) is 38.1 Å². The van der Waals surface area contributed by atoms with Crippen LogP contribution in [0.5, 0.6) is 0 Å². The molecule has 0 radical (unpaired) electrons. The lowest BCUT2D eigenvalue weighted by Crippen LogP contribution is -2.34. The molecule has 0 aliphatic heterocycles. The fraction of sp³-hybridized carbons (Fsp3) is 0.417. The Morgan fingerprint density at radius 1 is 1.39 bits per heavy atom.